The number of hydrazine groups is 1. The molecule has 0 N–H and O–H groups in total. The summed E-state index contributed by atoms with van der Waals surface area (Å²) in [6.07, 6.45) is 2.82. The summed E-state index contributed by atoms with van der Waals surface area (Å²) < 4.78 is 0. The highest BCUT2D eigenvalue weighted by atomic mass is 35.5. The smallest absolute Gasteiger partial charge is 0.273 e. The van der Waals surface area contributed by atoms with E-state index in [9.17, 15) is 19.2 Å². The number of nitrogens with zero attached hydrogens (tertiary/aromatic N) is 2. The normalized spacial score (nSPS) is 19.9. The van der Waals surface area contributed by atoms with Gasteiger partial charge in [0, 0.05) is 11.1 Å². The lowest BCUT2D eigenvalue weighted by molar-refractivity contribution is -0.154. The minimum atomic E-state index is -0.681. The first kappa shape index (κ1) is 23.2. The predicted molar refractivity (Wildman–Crippen MR) is 125 cm³/mol. The number of carbonyl (C=O) groups excluding carboxylic acids is 4. The van der Waals surface area contributed by atoms with Crippen LogP contribution in [0.5, 0.6) is 0 Å². The predicted octanol–water partition coefficient (Wildman–Crippen LogP) is 4.88. The number of amides is 3. The van der Waals surface area contributed by atoms with E-state index in [2.05, 4.69) is 0 Å². The summed E-state index contributed by atoms with van der Waals surface area (Å²) in [4.78, 5) is 53.1. The molecule has 1 aliphatic carbocycles. The number of hydrogen-bond acceptors (Lipinski definition) is 4. The van der Waals surface area contributed by atoms with Gasteiger partial charge in [-0.05, 0) is 44.9 Å². The molecule has 2 atom stereocenters. The van der Waals surface area contributed by atoms with Crippen molar-refractivity contribution in [3.63, 3.8) is 0 Å². The van der Waals surface area contributed by atoms with Gasteiger partial charge >= 0.3 is 0 Å². The summed E-state index contributed by atoms with van der Waals surface area (Å²) >= 11 is 12.1. The number of aryl methyl sites for hydroxylation is 1. The van der Waals surface area contributed by atoms with Crippen LogP contribution in [0, 0.1) is 18.8 Å². The molecular weight excluding hydrogens is 463 g/mol. The maximum atomic E-state index is 13.5. The first-order valence-corrected chi connectivity index (χ1v) is 11.3. The third-order valence-electron chi connectivity index (χ3n) is 6.11. The lowest BCUT2D eigenvalue weighted by atomic mass is 9.82. The molecule has 0 radical (unpaired) electrons. The van der Waals surface area contributed by atoms with Crippen molar-refractivity contribution in [2.24, 2.45) is 11.8 Å². The summed E-state index contributed by atoms with van der Waals surface area (Å²) in [5.74, 6) is -3.10. The van der Waals surface area contributed by atoms with Gasteiger partial charge in [-0.1, -0.05) is 64.7 Å². The van der Waals surface area contributed by atoms with E-state index in [-0.39, 0.29) is 15.6 Å². The van der Waals surface area contributed by atoms with E-state index in [1.54, 1.807) is 24.3 Å². The second kappa shape index (κ2) is 9.12. The molecule has 1 saturated heterocycles. The largest absolute Gasteiger partial charge is 0.292 e. The summed E-state index contributed by atoms with van der Waals surface area (Å²) in [5, 5.41) is 2.22. The monoisotopic (exact) mass is 484 g/mol. The van der Waals surface area contributed by atoms with Gasteiger partial charge in [0.15, 0.2) is 5.78 Å². The van der Waals surface area contributed by atoms with Crippen LogP contribution in [0.4, 0.5) is 0 Å². The maximum Gasteiger partial charge on any atom is 0.273 e. The molecule has 8 heteroatoms. The molecule has 6 nitrogen and oxygen atoms in total. The molecule has 2 aromatic rings. The highest BCUT2D eigenvalue weighted by molar-refractivity contribution is 6.42. The molecule has 0 unspecified atom stereocenters. The van der Waals surface area contributed by atoms with Gasteiger partial charge in [0.1, 0.15) is 6.54 Å². The molecular formula is C25H22Cl2N2O4. The number of carbonyl (C=O) groups is 4. The van der Waals surface area contributed by atoms with E-state index in [0.29, 0.717) is 18.4 Å². The van der Waals surface area contributed by atoms with Crippen molar-refractivity contribution in [1.29, 1.82) is 0 Å². The lowest BCUT2D eigenvalue weighted by Gasteiger charge is -2.30. The van der Waals surface area contributed by atoms with E-state index < -0.39 is 41.9 Å². The number of imide groups is 1. The Hall–Kier alpha value is -2.96. The molecule has 0 spiro atoms. The van der Waals surface area contributed by atoms with Crippen LogP contribution < -0.4 is 0 Å². The van der Waals surface area contributed by atoms with Crippen molar-refractivity contribution in [3.8, 4) is 0 Å². The third kappa shape index (κ3) is 4.45. The Labute approximate surface area is 201 Å². The molecule has 4 rings (SSSR count). The molecule has 0 bridgehead atoms. The molecule has 3 amide bonds. The fourth-order valence-electron chi connectivity index (χ4n) is 4.24. The molecule has 1 heterocycles. The summed E-state index contributed by atoms with van der Waals surface area (Å²) in [7, 11) is 0. The van der Waals surface area contributed by atoms with Crippen LogP contribution in [0.15, 0.2) is 54.1 Å². The average molecular weight is 485 g/mol. The number of allylic oxidation sites excluding steroid dienone is 2. The Bertz CT molecular complexity index is 1190. The molecule has 0 aromatic heterocycles. The van der Waals surface area contributed by atoms with Crippen LogP contribution in [0.3, 0.4) is 0 Å². The average Bonchev–Trinajstić information content (AvgIpc) is 3.03. The zero-order valence-electron chi connectivity index (χ0n) is 18.2. The van der Waals surface area contributed by atoms with E-state index >= 15 is 0 Å². The molecule has 2 aromatic carbocycles. The van der Waals surface area contributed by atoms with Crippen LogP contribution in [-0.4, -0.2) is 40.1 Å². The molecule has 1 aliphatic heterocycles. The van der Waals surface area contributed by atoms with Crippen molar-refractivity contribution in [1.82, 2.24) is 10.0 Å². The number of hydrogen-bond donors (Lipinski definition) is 0. The third-order valence-corrected chi connectivity index (χ3v) is 6.85. The van der Waals surface area contributed by atoms with Gasteiger partial charge in [0.2, 0.25) is 0 Å². The van der Waals surface area contributed by atoms with E-state index in [1.165, 1.54) is 18.2 Å². The van der Waals surface area contributed by atoms with Gasteiger partial charge < -0.3 is 0 Å². The van der Waals surface area contributed by atoms with Gasteiger partial charge in [0.05, 0.1) is 21.9 Å². The second-order valence-electron chi connectivity index (χ2n) is 8.47. The zero-order valence-corrected chi connectivity index (χ0v) is 19.7. The van der Waals surface area contributed by atoms with Crippen LogP contribution in [0.1, 0.15) is 46.0 Å². The van der Waals surface area contributed by atoms with Gasteiger partial charge in [0.25, 0.3) is 17.7 Å². The fourth-order valence-corrected chi connectivity index (χ4v) is 4.53. The Balaban J connectivity index is 1.71. The van der Waals surface area contributed by atoms with Crippen molar-refractivity contribution >= 4 is 46.7 Å². The Morgan fingerprint density at radius 1 is 0.939 bits per heavy atom. The van der Waals surface area contributed by atoms with E-state index in [0.717, 1.165) is 21.2 Å². The fraction of sp³-hybridized carbons (Fsp3) is 0.280. The Morgan fingerprint density at radius 2 is 1.58 bits per heavy atom. The van der Waals surface area contributed by atoms with E-state index in [1.807, 2.05) is 19.9 Å². The highest BCUT2D eigenvalue weighted by Crippen LogP contribution is 2.38. The number of Topliss-reactive ketones (excluding diaryl/α,β-unsaturated/α-hetero) is 1. The molecule has 33 heavy (non-hydrogen) atoms. The topological polar surface area (TPSA) is 74.8 Å². The maximum absolute atomic E-state index is 13.5. The number of fused-ring (bicyclic) bond motifs is 1. The summed E-state index contributed by atoms with van der Waals surface area (Å²) in [6.45, 7) is 3.34. The van der Waals surface area contributed by atoms with Gasteiger partial charge in [-0.2, -0.15) is 5.01 Å². The first-order valence-electron chi connectivity index (χ1n) is 10.6. The van der Waals surface area contributed by atoms with Crippen LogP contribution >= 0.6 is 23.2 Å². The summed E-state index contributed by atoms with van der Waals surface area (Å²) in [5.41, 5.74) is 2.50. The van der Waals surface area contributed by atoms with E-state index in [4.69, 9.17) is 23.2 Å². The number of halogens is 2. The molecule has 0 saturated carbocycles. The standard InChI is InChI=1S/C25H22Cl2N2O4/c1-14-3-6-16(7-4-14)22(30)13-28(23(31)17-8-10-20(26)21(27)12-17)29-24(32)18-9-5-15(2)11-19(18)25(29)33/h3-8,10,12,18-19H,9,11,13H2,1-2H3/t18-,19-/m1/s1. The van der Waals surface area contributed by atoms with Gasteiger partial charge in [-0.3, -0.25) is 19.2 Å². The van der Waals surface area contributed by atoms with Crippen LogP contribution in [-0.2, 0) is 9.59 Å². The summed E-state index contributed by atoms with van der Waals surface area (Å²) in [6, 6.07) is 11.1. The van der Waals surface area contributed by atoms with Crippen molar-refractivity contribution in [2.45, 2.75) is 26.7 Å². The van der Waals surface area contributed by atoms with Crippen LogP contribution in [0.25, 0.3) is 0 Å². The minimum absolute atomic E-state index is 0.117. The van der Waals surface area contributed by atoms with Crippen molar-refractivity contribution in [2.75, 3.05) is 6.54 Å². The SMILES string of the molecule is CC1=CC[C@H]2C(=O)N(N(CC(=O)c3ccc(C)cc3)C(=O)c3ccc(Cl)c(Cl)c3)C(=O)[C@@H]2C1. The van der Waals surface area contributed by atoms with Gasteiger partial charge in [-0.25, -0.2) is 5.01 Å². The Kier molecular flexibility index (Phi) is 6.41. The number of ketones is 1. The lowest BCUT2D eigenvalue weighted by Crippen LogP contribution is -2.52. The zero-order chi connectivity index (χ0) is 23.9. The highest BCUT2D eigenvalue weighted by Gasteiger charge is 2.51. The molecule has 2 aliphatic rings. The minimum Gasteiger partial charge on any atom is -0.292 e. The first-order chi connectivity index (χ1) is 15.7. The quantitative estimate of drug-likeness (QED) is 0.344. The van der Waals surface area contributed by atoms with Crippen molar-refractivity contribution < 1.29 is 19.2 Å². The van der Waals surface area contributed by atoms with Crippen LogP contribution in [0.2, 0.25) is 10.0 Å². The van der Waals surface area contributed by atoms with Gasteiger partial charge in [-0.15, -0.1) is 0 Å². The second-order valence-corrected chi connectivity index (χ2v) is 9.29. The van der Waals surface area contributed by atoms with Crippen molar-refractivity contribution in [3.05, 3.63) is 80.8 Å². The number of benzene rings is 2. The molecule has 1 fully saturated rings. The molecule has 170 valence electrons. The Morgan fingerprint density at radius 3 is 2.24 bits per heavy atom. The number of rotatable bonds is 5.